The highest BCUT2D eigenvalue weighted by Crippen LogP contribution is 2.31. The highest BCUT2D eigenvalue weighted by molar-refractivity contribution is 7.21. The molecule has 1 aromatic carbocycles. The minimum absolute atomic E-state index is 0.499. The number of benzene rings is 1. The van der Waals surface area contributed by atoms with Gasteiger partial charge in [0.05, 0.1) is 30.0 Å². The Morgan fingerprint density at radius 1 is 1.29 bits per heavy atom. The minimum Gasteiger partial charge on any atom is -0.457 e. The fourth-order valence-corrected chi connectivity index (χ4v) is 4.61. The van der Waals surface area contributed by atoms with E-state index in [1.165, 1.54) is 0 Å². The van der Waals surface area contributed by atoms with Crippen molar-refractivity contribution in [1.82, 2.24) is 15.2 Å². The van der Waals surface area contributed by atoms with Gasteiger partial charge in [-0.05, 0) is 37.6 Å². The lowest BCUT2D eigenvalue weighted by molar-refractivity contribution is 0.0536. The van der Waals surface area contributed by atoms with E-state index in [1.54, 1.807) is 18.4 Å². The summed E-state index contributed by atoms with van der Waals surface area (Å²) in [4.78, 5) is 11.8. The number of fused-ring (bicyclic) bond motifs is 1. The van der Waals surface area contributed by atoms with Gasteiger partial charge >= 0.3 is 0 Å². The molecule has 1 unspecified atom stereocenters. The summed E-state index contributed by atoms with van der Waals surface area (Å²) >= 11 is 1.65. The maximum Gasteiger partial charge on any atom is 0.194 e. The highest BCUT2D eigenvalue weighted by atomic mass is 32.1. The minimum atomic E-state index is 0.499. The fraction of sp³-hybridized carbons (Fsp3) is 0.478. The van der Waals surface area contributed by atoms with E-state index in [0.29, 0.717) is 25.7 Å². The number of para-hydroxylation sites is 1. The first-order valence-corrected chi connectivity index (χ1v) is 11.6. The molecule has 7 nitrogen and oxygen atoms in total. The third-order valence-electron chi connectivity index (χ3n) is 5.26. The molecule has 31 heavy (non-hydrogen) atoms. The molecule has 8 heteroatoms. The molecule has 1 aliphatic heterocycles. The smallest absolute Gasteiger partial charge is 0.194 e. The zero-order valence-electron chi connectivity index (χ0n) is 18.2. The molecule has 0 spiro atoms. The van der Waals surface area contributed by atoms with Crippen LogP contribution in [-0.2, 0) is 16.0 Å². The lowest BCUT2D eigenvalue weighted by Crippen LogP contribution is -2.40. The zero-order chi connectivity index (χ0) is 21.5. The molecule has 2 aromatic heterocycles. The Hall–Kier alpha value is -2.42. The largest absolute Gasteiger partial charge is 0.457 e. The van der Waals surface area contributed by atoms with E-state index in [1.807, 2.05) is 30.3 Å². The Morgan fingerprint density at radius 3 is 3.03 bits per heavy atom. The number of hydrogen-bond donors (Lipinski definition) is 1. The molecule has 0 radical (unpaired) electrons. The molecule has 4 rings (SSSR count). The van der Waals surface area contributed by atoms with E-state index in [9.17, 15) is 0 Å². The van der Waals surface area contributed by atoms with Gasteiger partial charge in [-0.3, -0.25) is 0 Å². The first kappa shape index (κ1) is 21.8. The van der Waals surface area contributed by atoms with Gasteiger partial charge in [-0.2, -0.15) is 0 Å². The van der Waals surface area contributed by atoms with Crippen LogP contribution >= 0.6 is 11.3 Å². The van der Waals surface area contributed by atoms with Gasteiger partial charge in [0.15, 0.2) is 16.7 Å². The van der Waals surface area contributed by atoms with Crippen LogP contribution in [0, 0.1) is 5.92 Å². The van der Waals surface area contributed by atoms with Crippen molar-refractivity contribution in [3.63, 3.8) is 0 Å². The van der Waals surface area contributed by atoms with Crippen LogP contribution in [-0.4, -0.2) is 62.4 Å². The van der Waals surface area contributed by atoms with Crippen molar-refractivity contribution in [1.29, 1.82) is 0 Å². The summed E-state index contributed by atoms with van der Waals surface area (Å²) in [6, 6.07) is 12.1. The quantitative estimate of drug-likeness (QED) is 0.307. The Bertz CT molecular complexity index is 967. The van der Waals surface area contributed by atoms with E-state index < -0.39 is 0 Å². The summed E-state index contributed by atoms with van der Waals surface area (Å²) in [6.45, 7) is 7.42. The van der Waals surface area contributed by atoms with Crippen molar-refractivity contribution in [2.24, 2.45) is 10.9 Å². The molecule has 0 saturated carbocycles. The zero-order valence-corrected chi connectivity index (χ0v) is 19.0. The summed E-state index contributed by atoms with van der Waals surface area (Å²) < 4.78 is 18.0. The van der Waals surface area contributed by atoms with Crippen LogP contribution < -0.4 is 5.32 Å². The average molecular weight is 443 g/mol. The number of furan rings is 1. The maximum atomic E-state index is 6.05. The Morgan fingerprint density at radius 2 is 2.19 bits per heavy atom. The fourth-order valence-electron chi connectivity index (χ4n) is 3.69. The number of hydrogen-bond acceptors (Lipinski definition) is 6. The molecule has 1 atom stereocenters. The van der Waals surface area contributed by atoms with E-state index in [4.69, 9.17) is 18.9 Å². The van der Waals surface area contributed by atoms with Crippen molar-refractivity contribution in [3.8, 4) is 10.8 Å². The molecule has 0 amide bonds. The van der Waals surface area contributed by atoms with Crippen LogP contribution in [0.3, 0.4) is 0 Å². The van der Waals surface area contributed by atoms with Crippen LogP contribution in [0.2, 0.25) is 0 Å². The molecule has 3 aromatic rings. The third kappa shape index (κ3) is 5.64. The normalized spacial score (nSPS) is 17.0. The Balaban J connectivity index is 1.37. The van der Waals surface area contributed by atoms with Gasteiger partial charge in [0.25, 0.3) is 0 Å². The van der Waals surface area contributed by atoms with Crippen molar-refractivity contribution in [2.75, 3.05) is 46.6 Å². The Labute approximate surface area is 187 Å². The number of nitrogens with one attached hydrogen (secondary N) is 1. The average Bonchev–Trinajstić information content (AvgIpc) is 3.53. The van der Waals surface area contributed by atoms with Crippen LogP contribution in [0.1, 0.15) is 19.1 Å². The summed E-state index contributed by atoms with van der Waals surface area (Å²) in [6.07, 6.45) is 1.11. The molecule has 1 fully saturated rings. The predicted octanol–water partition coefficient (Wildman–Crippen LogP) is 4.01. The van der Waals surface area contributed by atoms with Gasteiger partial charge in [-0.15, -0.1) is 11.3 Å². The van der Waals surface area contributed by atoms with Crippen molar-refractivity contribution in [3.05, 3.63) is 42.2 Å². The topological polar surface area (TPSA) is 72.1 Å². The number of guanidine groups is 1. The van der Waals surface area contributed by atoms with Crippen molar-refractivity contribution < 1.29 is 13.9 Å². The van der Waals surface area contributed by atoms with Crippen LogP contribution in [0.25, 0.3) is 21.0 Å². The SMILES string of the molecule is CCNC(=NCc1ccc(-c2nc3ccccc3s2)o1)N1CCC(COCCOC)C1. The highest BCUT2D eigenvalue weighted by Gasteiger charge is 2.25. The standard InChI is InChI=1S/C23H30N4O3S/c1-3-24-23(27-11-10-17(15-27)16-29-13-12-28-2)25-14-18-8-9-20(30-18)22-26-19-6-4-5-7-21(19)31-22/h4-9,17H,3,10-16H2,1-2H3,(H,24,25). The summed E-state index contributed by atoms with van der Waals surface area (Å²) in [7, 11) is 1.70. The van der Waals surface area contributed by atoms with Gasteiger partial charge < -0.3 is 24.1 Å². The van der Waals surface area contributed by atoms with Crippen LogP contribution in [0.4, 0.5) is 0 Å². The Kier molecular flexibility index (Phi) is 7.56. The molecule has 1 saturated heterocycles. The van der Waals surface area contributed by atoms with Crippen molar-refractivity contribution in [2.45, 2.75) is 19.9 Å². The maximum absolute atomic E-state index is 6.05. The monoisotopic (exact) mass is 442 g/mol. The number of rotatable bonds is 9. The number of thiazole rings is 1. The van der Waals surface area contributed by atoms with Gasteiger partial charge in [0, 0.05) is 32.7 Å². The number of aromatic nitrogens is 1. The molecule has 0 aliphatic carbocycles. The van der Waals surface area contributed by atoms with Gasteiger partial charge in [0.2, 0.25) is 0 Å². The van der Waals surface area contributed by atoms with E-state index in [0.717, 1.165) is 65.4 Å². The van der Waals surface area contributed by atoms with Crippen LogP contribution in [0.5, 0.6) is 0 Å². The molecular formula is C23H30N4O3S. The van der Waals surface area contributed by atoms with Gasteiger partial charge in [0.1, 0.15) is 12.3 Å². The molecule has 3 heterocycles. The second kappa shape index (κ2) is 10.7. The van der Waals surface area contributed by atoms with Gasteiger partial charge in [-0.25, -0.2) is 9.98 Å². The second-order valence-corrected chi connectivity index (χ2v) is 8.62. The van der Waals surface area contributed by atoms with E-state index >= 15 is 0 Å². The van der Waals surface area contributed by atoms with Gasteiger partial charge in [-0.1, -0.05) is 12.1 Å². The van der Waals surface area contributed by atoms with Crippen molar-refractivity contribution >= 4 is 27.5 Å². The lowest BCUT2D eigenvalue weighted by atomic mass is 10.1. The number of methoxy groups -OCH3 is 1. The number of aliphatic imine (C=N–C) groups is 1. The first-order valence-electron chi connectivity index (χ1n) is 10.8. The lowest BCUT2D eigenvalue weighted by Gasteiger charge is -2.21. The molecule has 166 valence electrons. The first-order chi connectivity index (χ1) is 15.3. The number of likely N-dealkylation sites (tertiary alicyclic amines) is 1. The number of nitrogens with zero attached hydrogens (tertiary/aromatic N) is 3. The summed E-state index contributed by atoms with van der Waals surface area (Å²) in [5.74, 6) is 3.09. The van der Waals surface area contributed by atoms with E-state index in [-0.39, 0.29) is 0 Å². The summed E-state index contributed by atoms with van der Waals surface area (Å²) in [5.41, 5.74) is 1.00. The second-order valence-electron chi connectivity index (χ2n) is 7.59. The third-order valence-corrected chi connectivity index (χ3v) is 6.31. The molecule has 1 aliphatic rings. The van der Waals surface area contributed by atoms with Crippen LogP contribution in [0.15, 0.2) is 45.8 Å². The molecule has 0 bridgehead atoms. The number of ether oxygens (including phenoxy) is 2. The molecule has 1 N–H and O–H groups in total. The predicted molar refractivity (Wildman–Crippen MR) is 125 cm³/mol. The molecular weight excluding hydrogens is 412 g/mol. The van der Waals surface area contributed by atoms with E-state index in [2.05, 4.69) is 28.2 Å². The summed E-state index contributed by atoms with van der Waals surface area (Å²) in [5, 5.41) is 4.31.